The molecular formula is C20H16INO2. The molecule has 3 nitrogen and oxygen atoms in total. The Morgan fingerprint density at radius 2 is 1.71 bits per heavy atom. The van der Waals surface area contributed by atoms with Crippen molar-refractivity contribution in [3.05, 3.63) is 87.5 Å². The Morgan fingerprint density at radius 1 is 0.958 bits per heavy atom. The number of aromatic hydroxyl groups is 1. The molecule has 0 aromatic heterocycles. The maximum absolute atomic E-state index is 9.32. The van der Waals surface area contributed by atoms with E-state index >= 15 is 0 Å². The quantitative estimate of drug-likeness (QED) is 0.440. The monoisotopic (exact) mass is 429 g/mol. The average Bonchev–Trinajstić information content (AvgIpc) is 2.61. The van der Waals surface area contributed by atoms with Gasteiger partial charge in [-0.3, -0.25) is 4.99 Å². The van der Waals surface area contributed by atoms with Crippen LogP contribution in [0.3, 0.4) is 0 Å². The molecule has 1 N–H and O–H groups in total. The number of benzene rings is 3. The first-order chi connectivity index (χ1) is 11.7. The third kappa shape index (κ3) is 4.58. The van der Waals surface area contributed by atoms with E-state index in [2.05, 4.69) is 27.6 Å². The van der Waals surface area contributed by atoms with Crippen molar-refractivity contribution in [3.63, 3.8) is 0 Å². The number of halogens is 1. The first kappa shape index (κ1) is 16.5. The minimum atomic E-state index is 0.232. The largest absolute Gasteiger partial charge is 0.508 e. The summed E-state index contributed by atoms with van der Waals surface area (Å²) in [5.41, 5.74) is 2.82. The highest BCUT2D eigenvalue weighted by Gasteiger charge is 2.04. The molecule has 24 heavy (non-hydrogen) atoms. The first-order valence-electron chi connectivity index (χ1n) is 7.50. The second-order valence-corrected chi connectivity index (χ2v) is 6.48. The first-order valence-corrected chi connectivity index (χ1v) is 8.58. The molecule has 120 valence electrons. The SMILES string of the molecule is Oc1ccc(N=Cc2ccc(I)cc2OCc2ccccc2)cc1. The molecule has 4 heteroatoms. The minimum absolute atomic E-state index is 0.232. The summed E-state index contributed by atoms with van der Waals surface area (Å²) in [4.78, 5) is 4.44. The molecule has 3 rings (SSSR count). The third-order valence-electron chi connectivity index (χ3n) is 3.42. The molecule has 0 saturated carbocycles. The lowest BCUT2D eigenvalue weighted by Gasteiger charge is -2.10. The van der Waals surface area contributed by atoms with Crippen molar-refractivity contribution < 1.29 is 9.84 Å². The van der Waals surface area contributed by atoms with E-state index in [9.17, 15) is 5.11 Å². The van der Waals surface area contributed by atoms with Gasteiger partial charge >= 0.3 is 0 Å². The zero-order valence-electron chi connectivity index (χ0n) is 12.9. The van der Waals surface area contributed by atoms with E-state index in [0.29, 0.717) is 6.61 Å². The van der Waals surface area contributed by atoms with Gasteiger partial charge in [-0.25, -0.2) is 0 Å². The van der Waals surface area contributed by atoms with Gasteiger partial charge in [0.1, 0.15) is 18.1 Å². The summed E-state index contributed by atoms with van der Waals surface area (Å²) in [6.07, 6.45) is 1.78. The van der Waals surface area contributed by atoms with Crippen LogP contribution in [0, 0.1) is 3.57 Å². The molecule has 0 atom stereocenters. The zero-order valence-corrected chi connectivity index (χ0v) is 15.1. The van der Waals surface area contributed by atoms with Crippen LogP contribution in [0.4, 0.5) is 5.69 Å². The molecule has 0 heterocycles. The number of ether oxygens (including phenoxy) is 1. The van der Waals surface area contributed by atoms with Crippen LogP contribution in [-0.4, -0.2) is 11.3 Å². The number of phenols is 1. The number of aliphatic imine (C=N–C) groups is 1. The average molecular weight is 429 g/mol. The maximum Gasteiger partial charge on any atom is 0.129 e. The van der Waals surface area contributed by atoms with Gasteiger partial charge in [0.2, 0.25) is 0 Å². The van der Waals surface area contributed by atoms with Crippen molar-refractivity contribution >= 4 is 34.5 Å². The summed E-state index contributed by atoms with van der Waals surface area (Å²) < 4.78 is 7.08. The molecule has 3 aromatic carbocycles. The van der Waals surface area contributed by atoms with E-state index < -0.39 is 0 Å². The Kier molecular flexibility index (Phi) is 5.48. The summed E-state index contributed by atoms with van der Waals surface area (Å²) >= 11 is 2.27. The molecule has 0 fully saturated rings. The molecule has 0 aliphatic heterocycles. The van der Waals surface area contributed by atoms with Crippen LogP contribution in [0.2, 0.25) is 0 Å². The summed E-state index contributed by atoms with van der Waals surface area (Å²) in [7, 11) is 0. The Balaban J connectivity index is 1.78. The lowest BCUT2D eigenvalue weighted by atomic mass is 10.2. The second kappa shape index (κ2) is 7.97. The lowest BCUT2D eigenvalue weighted by Crippen LogP contribution is -1.98. The summed E-state index contributed by atoms with van der Waals surface area (Å²) in [5.74, 6) is 1.03. The van der Waals surface area contributed by atoms with E-state index in [-0.39, 0.29) is 5.75 Å². The van der Waals surface area contributed by atoms with Crippen LogP contribution < -0.4 is 4.74 Å². The van der Waals surface area contributed by atoms with Gasteiger partial charge in [-0.2, -0.15) is 0 Å². The van der Waals surface area contributed by atoms with E-state index in [1.54, 1.807) is 30.5 Å². The second-order valence-electron chi connectivity index (χ2n) is 5.23. The number of hydrogen-bond acceptors (Lipinski definition) is 3. The van der Waals surface area contributed by atoms with E-state index in [1.165, 1.54) is 0 Å². The highest BCUT2D eigenvalue weighted by molar-refractivity contribution is 14.1. The van der Waals surface area contributed by atoms with Crippen LogP contribution in [0.5, 0.6) is 11.5 Å². The summed E-state index contributed by atoms with van der Waals surface area (Å²) in [6.45, 7) is 0.515. The molecular weight excluding hydrogens is 413 g/mol. The van der Waals surface area contributed by atoms with E-state index in [1.807, 2.05) is 48.5 Å². The van der Waals surface area contributed by atoms with Gasteiger partial charge in [-0.1, -0.05) is 30.3 Å². The Bertz CT molecular complexity index is 830. The molecule has 0 spiro atoms. The van der Waals surface area contributed by atoms with Crippen molar-refractivity contribution in [1.82, 2.24) is 0 Å². The molecule has 0 saturated heterocycles. The highest BCUT2D eigenvalue weighted by atomic mass is 127. The number of nitrogens with zero attached hydrogens (tertiary/aromatic N) is 1. The standard InChI is InChI=1S/C20H16INO2/c21-17-7-6-16(13-22-18-8-10-19(23)11-9-18)20(12-17)24-14-15-4-2-1-3-5-15/h1-13,23H,14H2. The molecule has 0 radical (unpaired) electrons. The van der Waals surface area contributed by atoms with Crippen molar-refractivity contribution in [2.75, 3.05) is 0 Å². The van der Waals surface area contributed by atoms with Crippen molar-refractivity contribution in [3.8, 4) is 11.5 Å². The van der Waals surface area contributed by atoms with Crippen LogP contribution in [-0.2, 0) is 6.61 Å². The van der Waals surface area contributed by atoms with Gasteiger partial charge in [0.15, 0.2) is 0 Å². The Morgan fingerprint density at radius 3 is 2.46 bits per heavy atom. The molecule has 0 unspecified atom stereocenters. The van der Waals surface area contributed by atoms with Crippen LogP contribution in [0.25, 0.3) is 0 Å². The molecule has 0 amide bonds. The zero-order chi connectivity index (χ0) is 16.8. The predicted molar refractivity (Wildman–Crippen MR) is 105 cm³/mol. The summed E-state index contributed by atoms with van der Waals surface area (Å²) in [5, 5.41) is 9.32. The van der Waals surface area contributed by atoms with Gasteiger partial charge in [0.25, 0.3) is 0 Å². The Labute approximate surface area is 154 Å². The van der Waals surface area contributed by atoms with Gasteiger partial charge in [-0.15, -0.1) is 0 Å². The predicted octanol–water partition coefficient (Wildman–Crippen LogP) is 5.33. The highest BCUT2D eigenvalue weighted by Crippen LogP contribution is 2.23. The molecule has 3 aromatic rings. The van der Waals surface area contributed by atoms with Gasteiger partial charge in [0.05, 0.1) is 5.69 Å². The molecule has 0 aliphatic carbocycles. The smallest absolute Gasteiger partial charge is 0.129 e. The fraction of sp³-hybridized carbons (Fsp3) is 0.0500. The van der Waals surface area contributed by atoms with Crippen molar-refractivity contribution in [2.24, 2.45) is 4.99 Å². The summed E-state index contributed by atoms with van der Waals surface area (Å²) in [6, 6.07) is 22.9. The normalized spacial score (nSPS) is 10.9. The van der Waals surface area contributed by atoms with Gasteiger partial charge < -0.3 is 9.84 Å². The van der Waals surface area contributed by atoms with Crippen LogP contribution in [0.1, 0.15) is 11.1 Å². The number of hydrogen-bond donors (Lipinski definition) is 1. The molecule has 0 aliphatic rings. The minimum Gasteiger partial charge on any atom is -0.508 e. The van der Waals surface area contributed by atoms with Gasteiger partial charge in [-0.05, 0) is 70.6 Å². The van der Waals surface area contributed by atoms with Crippen LogP contribution in [0.15, 0.2) is 77.8 Å². The maximum atomic E-state index is 9.32. The fourth-order valence-electron chi connectivity index (χ4n) is 2.16. The third-order valence-corrected chi connectivity index (χ3v) is 4.09. The van der Waals surface area contributed by atoms with Crippen LogP contribution >= 0.6 is 22.6 Å². The number of rotatable bonds is 5. The molecule has 0 bridgehead atoms. The van der Waals surface area contributed by atoms with E-state index in [4.69, 9.17) is 4.74 Å². The fourth-order valence-corrected chi connectivity index (χ4v) is 2.62. The van der Waals surface area contributed by atoms with Crippen molar-refractivity contribution in [1.29, 1.82) is 0 Å². The van der Waals surface area contributed by atoms with E-state index in [0.717, 1.165) is 26.1 Å². The van der Waals surface area contributed by atoms with Crippen molar-refractivity contribution in [2.45, 2.75) is 6.61 Å². The van der Waals surface area contributed by atoms with Gasteiger partial charge in [0, 0.05) is 15.3 Å². The Hall–Kier alpha value is -2.34. The topological polar surface area (TPSA) is 41.8 Å². The lowest BCUT2D eigenvalue weighted by molar-refractivity contribution is 0.305. The number of phenolic OH excluding ortho intramolecular Hbond substituents is 1.